The highest BCUT2D eigenvalue weighted by Gasteiger charge is 2.36. The Balaban J connectivity index is 1.62. The van der Waals surface area contributed by atoms with Gasteiger partial charge in [0.25, 0.3) is 0 Å². The van der Waals surface area contributed by atoms with Crippen LogP contribution in [0.5, 0.6) is 0 Å². The van der Waals surface area contributed by atoms with E-state index >= 15 is 0 Å². The molecule has 1 aliphatic rings. The number of hydrogen-bond donors (Lipinski definition) is 2. The number of fused-ring (bicyclic) bond motifs is 1. The molecule has 3 heterocycles. The Morgan fingerprint density at radius 3 is 2.73 bits per heavy atom. The minimum Gasteiger partial charge on any atom is -0.327 e. The van der Waals surface area contributed by atoms with Gasteiger partial charge in [0.2, 0.25) is 5.91 Å². The number of benzene rings is 1. The lowest BCUT2D eigenvalue weighted by Gasteiger charge is -2.22. The van der Waals surface area contributed by atoms with E-state index in [4.69, 9.17) is 5.73 Å². The first-order valence-corrected chi connectivity index (χ1v) is 10.7. The SMILES string of the molecule is NC/C(=C\F)Cn1ncn(Cc2ccc(-c3cc4c(c(C(F)(F)F)c3)NC(=O)CC4)s2)c1=O. The fourth-order valence-corrected chi connectivity index (χ4v) is 4.57. The summed E-state index contributed by atoms with van der Waals surface area (Å²) in [5.74, 6) is -0.439. The molecule has 0 aliphatic carbocycles. The summed E-state index contributed by atoms with van der Waals surface area (Å²) in [6.07, 6.45) is -2.61. The number of carbonyl (C=O) groups is 1. The van der Waals surface area contributed by atoms with E-state index in [1.54, 1.807) is 18.2 Å². The van der Waals surface area contributed by atoms with Gasteiger partial charge in [-0.15, -0.1) is 11.3 Å². The normalized spacial score (nSPS) is 14.3. The summed E-state index contributed by atoms with van der Waals surface area (Å²) < 4.78 is 56.1. The van der Waals surface area contributed by atoms with Crippen LogP contribution in [-0.4, -0.2) is 26.8 Å². The smallest absolute Gasteiger partial charge is 0.327 e. The molecule has 7 nitrogen and oxygen atoms in total. The lowest BCUT2D eigenvalue weighted by molar-refractivity contribution is -0.137. The van der Waals surface area contributed by atoms with Gasteiger partial charge in [0.05, 0.1) is 30.7 Å². The number of aromatic nitrogens is 3. The molecule has 0 unspecified atom stereocenters. The molecule has 0 saturated carbocycles. The number of hydrogen-bond acceptors (Lipinski definition) is 5. The van der Waals surface area contributed by atoms with Gasteiger partial charge in [0.1, 0.15) is 6.33 Å². The van der Waals surface area contributed by atoms with Gasteiger partial charge < -0.3 is 11.1 Å². The summed E-state index contributed by atoms with van der Waals surface area (Å²) in [5.41, 5.74) is 4.92. The van der Waals surface area contributed by atoms with Gasteiger partial charge in [0, 0.05) is 22.7 Å². The van der Waals surface area contributed by atoms with E-state index < -0.39 is 23.3 Å². The van der Waals surface area contributed by atoms with E-state index in [1.807, 2.05) is 0 Å². The molecule has 0 spiro atoms. The Bertz CT molecular complexity index is 1290. The Morgan fingerprint density at radius 2 is 2.03 bits per heavy atom. The monoisotopic (exact) mass is 481 g/mol. The van der Waals surface area contributed by atoms with E-state index in [1.165, 1.54) is 22.2 Å². The number of halogens is 4. The van der Waals surface area contributed by atoms with Crippen molar-refractivity contribution in [2.45, 2.75) is 32.1 Å². The predicted octanol–water partition coefficient (Wildman–Crippen LogP) is 3.54. The molecule has 0 bridgehead atoms. The maximum Gasteiger partial charge on any atom is 0.418 e. The van der Waals surface area contributed by atoms with Gasteiger partial charge in [-0.2, -0.15) is 18.3 Å². The molecule has 0 atom stereocenters. The maximum atomic E-state index is 13.6. The zero-order valence-electron chi connectivity index (χ0n) is 17.2. The largest absolute Gasteiger partial charge is 0.418 e. The molecule has 0 radical (unpaired) electrons. The topological polar surface area (TPSA) is 94.9 Å². The van der Waals surface area contributed by atoms with E-state index in [0.717, 1.165) is 15.6 Å². The summed E-state index contributed by atoms with van der Waals surface area (Å²) >= 11 is 1.25. The van der Waals surface area contributed by atoms with E-state index in [2.05, 4.69) is 10.4 Å². The minimum atomic E-state index is -4.62. The van der Waals surface area contributed by atoms with Crippen LogP contribution in [0.25, 0.3) is 10.4 Å². The quantitative estimate of drug-likeness (QED) is 0.527. The Hall–Kier alpha value is -3.25. The molecule has 1 aliphatic heterocycles. The molecule has 12 heteroatoms. The van der Waals surface area contributed by atoms with Crippen LogP contribution in [0.1, 0.15) is 22.4 Å². The number of anilines is 1. The number of nitrogens with two attached hydrogens (primary N) is 1. The Labute approximate surface area is 189 Å². The van der Waals surface area contributed by atoms with Crippen LogP contribution < -0.4 is 16.7 Å². The van der Waals surface area contributed by atoms with Gasteiger partial charge in [-0.25, -0.2) is 13.9 Å². The van der Waals surface area contributed by atoms with Gasteiger partial charge in [-0.3, -0.25) is 9.36 Å². The van der Waals surface area contributed by atoms with Crippen molar-refractivity contribution in [3.05, 3.63) is 69.0 Å². The Morgan fingerprint density at radius 1 is 1.24 bits per heavy atom. The van der Waals surface area contributed by atoms with Gasteiger partial charge >= 0.3 is 11.9 Å². The van der Waals surface area contributed by atoms with Crippen molar-refractivity contribution >= 4 is 22.9 Å². The molecule has 4 rings (SSSR count). The van der Waals surface area contributed by atoms with Crippen LogP contribution in [0.15, 0.2) is 47.3 Å². The molecule has 1 aromatic carbocycles. The second-order valence-corrected chi connectivity index (χ2v) is 8.71. The third kappa shape index (κ3) is 4.76. The van der Waals surface area contributed by atoms with Crippen LogP contribution >= 0.6 is 11.3 Å². The molecule has 2 aromatic heterocycles. The molecule has 174 valence electrons. The van der Waals surface area contributed by atoms with Crippen LogP contribution in [0.4, 0.5) is 23.2 Å². The second-order valence-electron chi connectivity index (χ2n) is 7.54. The summed E-state index contributed by atoms with van der Waals surface area (Å²) in [6, 6.07) is 6.10. The van der Waals surface area contributed by atoms with Crippen molar-refractivity contribution in [2.24, 2.45) is 5.73 Å². The lowest BCUT2D eigenvalue weighted by atomic mass is 9.95. The lowest BCUT2D eigenvalue weighted by Crippen LogP contribution is -2.26. The predicted molar refractivity (Wildman–Crippen MR) is 116 cm³/mol. The van der Waals surface area contributed by atoms with Crippen molar-refractivity contribution in [3.63, 3.8) is 0 Å². The first kappa shape index (κ1) is 22.9. The first-order valence-electron chi connectivity index (χ1n) is 9.93. The number of rotatable bonds is 6. The molecule has 33 heavy (non-hydrogen) atoms. The Kier molecular flexibility index (Phi) is 6.21. The van der Waals surface area contributed by atoms with Crippen molar-refractivity contribution in [2.75, 3.05) is 11.9 Å². The molecular weight excluding hydrogens is 462 g/mol. The summed E-state index contributed by atoms with van der Waals surface area (Å²) in [7, 11) is 0. The molecule has 0 saturated heterocycles. The average molecular weight is 481 g/mol. The van der Waals surface area contributed by atoms with Crippen LogP contribution in [-0.2, 0) is 30.5 Å². The highest BCUT2D eigenvalue weighted by atomic mass is 32.1. The van der Waals surface area contributed by atoms with Crippen molar-refractivity contribution in [1.82, 2.24) is 14.3 Å². The maximum absolute atomic E-state index is 13.6. The third-order valence-electron chi connectivity index (χ3n) is 5.25. The van der Waals surface area contributed by atoms with Crippen LogP contribution in [0, 0.1) is 0 Å². The van der Waals surface area contributed by atoms with Crippen molar-refractivity contribution < 1.29 is 22.4 Å². The summed E-state index contributed by atoms with van der Waals surface area (Å²) in [4.78, 5) is 25.4. The van der Waals surface area contributed by atoms with Crippen molar-refractivity contribution in [3.8, 4) is 10.4 Å². The summed E-state index contributed by atoms with van der Waals surface area (Å²) in [6.45, 7) is 0.0444. The number of carbonyl (C=O) groups excluding carboxylic acids is 1. The van der Waals surface area contributed by atoms with Gasteiger partial charge in [-0.1, -0.05) is 0 Å². The highest BCUT2D eigenvalue weighted by molar-refractivity contribution is 7.15. The van der Waals surface area contributed by atoms with E-state index in [0.29, 0.717) is 22.3 Å². The number of nitrogens with zero attached hydrogens (tertiary/aromatic N) is 3. The fraction of sp³-hybridized carbons (Fsp3) is 0.286. The average Bonchev–Trinajstić information content (AvgIpc) is 3.38. The number of amides is 1. The molecule has 3 aromatic rings. The number of aryl methyl sites for hydroxylation is 1. The van der Waals surface area contributed by atoms with Gasteiger partial charge in [-0.05, 0) is 47.4 Å². The molecule has 3 N–H and O–H groups in total. The van der Waals surface area contributed by atoms with E-state index in [9.17, 15) is 27.2 Å². The zero-order chi connectivity index (χ0) is 23.8. The van der Waals surface area contributed by atoms with Crippen molar-refractivity contribution in [1.29, 1.82) is 0 Å². The standard InChI is InChI=1S/C21H19F4N5O2S/c22-7-12(8-26)9-30-20(32)29(11-27-30)10-15-2-3-17(33-15)14-5-13-1-4-18(31)28-19(13)16(6-14)21(23,24)25/h2-3,5-7,11H,1,4,8-10,26H2,(H,28,31)/b12-7+. The molecule has 1 amide bonds. The number of thiophene rings is 1. The zero-order valence-corrected chi connectivity index (χ0v) is 18.0. The first-order chi connectivity index (χ1) is 15.7. The highest BCUT2D eigenvalue weighted by Crippen LogP contribution is 2.42. The number of nitrogens with one attached hydrogen (secondary N) is 1. The fourth-order valence-electron chi connectivity index (χ4n) is 3.57. The minimum absolute atomic E-state index is 0.0472. The second kappa shape index (κ2) is 8.94. The van der Waals surface area contributed by atoms with Crippen LogP contribution in [0.3, 0.4) is 0 Å². The third-order valence-corrected chi connectivity index (χ3v) is 6.37. The van der Waals surface area contributed by atoms with Gasteiger partial charge in [0.15, 0.2) is 0 Å². The molecular formula is C21H19F4N5O2S. The van der Waals surface area contributed by atoms with E-state index in [-0.39, 0.29) is 43.7 Å². The molecule has 0 fully saturated rings. The van der Waals surface area contributed by atoms with Crippen LogP contribution in [0.2, 0.25) is 0 Å². The summed E-state index contributed by atoms with van der Waals surface area (Å²) in [5, 5.41) is 6.30. The number of alkyl halides is 3.